The van der Waals surface area contributed by atoms with E-state index in [1.54, 1.807) is 0 Å². The molecule has 4 N–H and O–H groups in total. The van der Waals surface area contributed by atoms with Crippen molar-refractivity contribution < 1.29 is 75.8 Å². The number of esters is 3. The highest BCUT2D eigenvalue weighted by Crippen LogP contribution is 2.45. The summed E-state index contributed by atoms with van der Waals surface area (Å²) >= 11 is 0. The average molecular weight is 1700 g/mol. The van der Waals surface area contributed by atoms with Crippen LogP contribution in [-0.4, -0.2) is 95.9 Å². The van der Waals surface area contributed by atoms with Gasteiger partial charge in [-0.1, -0.05) is 376 Å². The Morgan fingerprint density at radius 1 is 0.244 bits per heavy atom. The first-order chi connectivity index (χ1) is 58.2. The van der Waals surface area contributed by atoms with Crippen molar-refractivity contribution in [2.75, 3.05) is 39.6 Å². The summed E-state index contributed by atoms with van der Waals surface area (Å²) in [4.78, 5) is 59.1. The van der Waals surface area contributed by atoms with Crippen molar-refractivity contribution in [3.63, 3.8) is 0 Å². The molecule has 0 fully saturated rings. The zero-order valence-electron chi connectivity index (χ0n) is 74.7. The number of hydrogen-bond donors (Lipinski definition) is 4. The quantitative estimate of drug-likeness (QED) is 0.0146. The van der Waals surface area contributed by atoms with Crippen molar-refractivity contribution in [2.24, 2.45) is 0 Å². The molecular formula is C101H168O16P2. The van der Waals surface area contributed by atoms with Crippen molar-refractivity contribution in [1.29, 1.82) is 0 Å². The van der Waals surface area contributed by atoms with Gasteiger partial charge in [0.25, 0.3) is 0 Å². The highest BCUT2D eigenvalue weighted by atomic mass is 31.2. The number of phosphoric ester groups is 2. The van der Waals surface area contributed by atoms with Crippen LogP contribution < -0.4 is 0 Å². The van der Waals surface area contributed by atoms with Gasteiger partial charge in [0.15, 0.2) is 6.10 Å². The Kier molecular flexibility index (Phi) is 87.3. The standard InChI is InChI=1S/C101H168O16P2/c1-4-7-10-13-16-19-22-25-28-31-34-37-40-43-45-46-47-48-50-53-54-57-60-63-66-69-72-75-78-81-84-87-99(104)111-90-96(102)91-113-118(107,108)114-92-97(103)93-115-119(109,110)116-95-98(117-101(106)89-86-83-80-77-74-71-68-65-62-59-56-51-42-39-36-33-30-27-24-21-18-15-12-9-6-3)94-112-100(105)88-85-82-79-76-73-70-67-64-61-58-55-52-49-44-41-38-35-32-29-26-23-20-17-14-11-8-5-2/h8-9,11-12,16-21,25-30,34-39,43-45,49,51,55-56,58,62,65,96-98,102-103H,4-7,10,13-15,22-24,31-33,40-42,46-48,50,52-54,57,59-61,63-64,66-95H2,1-3H3,(H,107,108)(H,109,110)/b11-8-,12-9-,19-16-,20-17-,21-18-,28-25-,29-26-,30-27-,37-34-,38-35-,39-36-,45-43-,49-44-,56-51-,58-55-,65-62-. The smallest absolute Gasteiger partial charge is 0.463 e. The number of ether oxygens (including phenoxy) is 3. The molecule has 0 aromatic carbocycles. The van der Waals surface area contributed by atoms with E-state index < -0.39 is 91.5 Å². The molecule has 119 heavy (non-hydrogen) atoms. The van der Waals surface area contributed by atoms with Gasteiger partial charge in [-0.2, -0.15) is 0 Å². The first kappa shape index (κ1) is 113. The number of aliphatic hydroxyl groups excluding tert-OH is 2. The second kappa shape index (κ2) is 91.6. The van der Waals surface area contributed by atoms with Crippen molar-refractivity contribution >= 4 is 33.6 Å². The Morgan fingerprint density at radius 3 is 0.706 bits per heavy atom. The normalized spacial score (nSPS) is 14.6. The van der Waals surface area contributed by atoms with Gasteiger partial charge in [0.2, 0.25) is 0 Å². The molecule has 0 rings (SSSR count). The van der Waals surface area contributed by atoms with Crippen LogP contribution in [0.2, 0.25) is 0 Å². The predicted octanol–water partition coefficient (Wildman–Crippen LogP) is 29.0. The van der Waals surface area contributed by atoms with Gasteiger partial charge >= 0.3 is 33.6 Å². The summed E-state index contributed by atoms with van der Waals surface area (Å²) < 4.78 is 61.5. The summed E-state index contributed by atoms with van der Waals surface area (Å²) in [6, 6.07) is 0. The molecule has 678 valence electrons. The molecule has 0 saturated carbocycles. The maximum Gasteiger partial charge on any atom is 0.472 e. The Hall–Kier alpha value is -5.61. The number of allylic oxidation sites excluding steroid dienone is 32. The van der Waals surface area contributed by atoms with Gasteiger partial charge in [0, 0.05) is 19.3 Å². The number of aliphatic hydroxyl groups is 2. The summed E-state index contributed by atoms with van der Waals surface area (Å²) in [5.41, 5.74) is 0. The van der Waals surface area contributed by atoms with Gasteiger partial charge in [-0.25, -0.2) is 9.13 Å². The molecule has 18 heteroatoms. The molecule has 0 aromatic rings. The molecule has 0 aliphatic heterocycles. The zero-order chi connectivity index (χ0) is 86.5. The second-order valence-electron chi connectivity index (χ2n) is 30.7. The Bertz CT molecular complexity index is 2940. The van der Waals surface area contributed by atoms with E-state index in [0.29, 0.717) is 19.3 Å². The van der Waals surface area contributed by atoms with Crippen LogP contribution in [0, 0.1) is 0 Å². The minimum absolute atomic E-state index is 0.0776. The molecule has 5 unspecified atom stereocenters. The summed E-state index contributed by atoms with van der Waals surface area (Å²) in [6.45, 7) is 2.43. The van der Waals surface area contributed by atoms with E-state index in [1.165, 1.54) is 109 Å². The van der Waals surface area contributed by atoms with Gasteiger partial charge in [-0.15, -0.1) is 0 Å². The fourth-order valence-electron chi connectivity index (χ4n) is 12.3. The minimum atomic E-state index is -4.96. The third-order valence-corrected chi connectivity index (χ3v) is 21.2. The van der Waals surface area contributed by atoms with Crippen LogP contribution in [0.5, 0.6) is 0 Å². The molecule has 16 nitrogen and oxygen atoms in total. The lowest BCUT2D eigenvalue weighted by molar-refractivity contribution is -0.161. The molecule has 0 spiro atoms. The van der Waals surface area contributed by atoms with Crippen LogP contribution in [0.3, 0.4) is 0 Å². The number of phosphoric acid groups is 2. The Morgan fingerprint density at radius 2 is 0.445 bits per heavy atom. The predicted molar refractivity (Wildman–Crippen MR) is 500 cm³/mol. The van der Waals surface area contributed by atoms with E-state index in [4.69, 9.17) is 32.3 Å². The van der Waals surface area contributed by atoms with Crippen LogP contribution in [0.4, 0.5) is 0 Å². The SMILES string of the molecule is CC/C=C\C/C=C\C/C=C\C/C=C\C/C=C\C/C=C\CCCCCCCCCCC(=O)OCC(COP(=O)(O)OCC(O)COP(=O)(O)OCC(O)COC(=O)CCCCCCCCCCCCCCCCC/C=C\C/C=C\C/C=C\C/C=C\CCCCC)OC(=O)CCCCCCCC/C=C\C/C=C\C/C=C\C/C=C\C/C=C\C/C=C\CC. The van der Waals surface area contributed by atoms with Crippen LogP contribution in [-0.2, 0) is 55.8 Å². The fraction of sp³-hybridized carbons (Fsp3) is 0.653. The minimum Gasteiger partial charge on any atom is -0.463 e. The number of carbonyl (C=O) groups is 3. The summed E-state index contributed by atoms with van der Waals surface area (Å²) in [7, 11) is -9.83. The lowest BCUT2D eigenvalue weighted by Crippen LogP contribution is -2.30. The topological polar surface area (TPSA) is 231 Å². The van der Waals surface area contributed by atoms with E-state index in [9.17, 15) is 43.5 Å². The second-order valence-corrected chi connectivity index (χ2v) is 33.6. The van der Waals surface area contributed by atoms with E-state index in [1.807, 2.05) is 0 Å². The van der Waals surface area contributed by atoms with E-state index >= 15 is 0 Å². The molecule has 0 heterocycles. The summed E-state index contributed by atoms with van der Waals surface area (Å²) in [5.74, 6) is -1.60. The van der Waals surface area contributed by atoms with Crippen LogP contribution in [0.25, 0.3) is 0 Å². The average Bonchev–Trinajstić information content (AvgIpc) is 0.902. The van der Waals surface area contributed by atoms with Crippen molar-refractivity contribution in [2.45, 2.75) is 386 Å². The lowest BCUT2D eigenvalue weighted by atomic mass is 10.0. The maximum absolute atomic E-state index is 13.1. The third-order valence-electron chi connectivity index (χ3n) is 19.3. The van der Waals surface area contributed by atoms with Crippen LogP contribution in [0.15, 0.2) is 194 Å². The monoisotopic (exact) mass is 1700 g/mol. The number of hydrogen-bond acceptors (Lipinski definition) is 14. The largest absolute Gasteiger partial charge is 0.472 e. The van der Waals surface area contributed by atoms with Crippen molar-refractivity contribution in [3.8, 4) is 0 Å². The molecule has 0 bridgehead atoms. The molecular weight excluding hydrogens is 1530 g/mol. The van der Waals surface area contributed by atoms with Gasteiger partial charge < -0.3 is 34.2 Å². The highest BCUT2D eigenvalue weighted by molar-refractivity contribution is 7.47. The van der Waals surface area contributed by atoms with Gasteiger partial charge in [0.05, 0.1) is 26.4 Å². The van der Waals surface area contributed by atoms with E-state index in [0.717, 1.165) is 199 Å². The van der Waals surface area contributed by atoms with Crippen LogP contribution in [0.1, 0.15) is 367 Å². The van der Waals surface area contributed by atoms with E-state index in [2.05, 4.69) is 215 Å². The molecule has 0 aliphatic rings. The van der Waals surface area contributed by atoms with Crippen LogP contribution >= 0.6 is 15.6 Å². The highest BCUT2D eigenvalue weighted by Gasteiger charge is 2.29. The fourth-order valence-corrected chi connectivity index (χ4v) is 13.9. The van der Waals surface area contributed by atoms with Crippen molar-refractivity contribution in [1.82, 2.24) is 0 Å². The number of unbranched alkanes of at least 4 members (excludes halogenated alkanes) is 32. The first-order valence-corrected chi connectivity index (χ1v) is 49.7. The molecule has 0 aromatic heterocycles. The molecule has 5 atom stereocenters. The van der Waals surface area contributed by atoms with Crippen molar-refractivity contribution in [3.05, 3.63) is 194 Å². The molecule has 0 radical (unpaired) electrons. The molecule has 0 saturated heterocycles. The number of rotatable bonds is 87. The number of carbonyl (C=O) groups excluding carboxylic acids is 3. The van der Waals surface area contributed by atoms with Gasteiger partial charge in [-0.3, -0.25) is 32.5 Å². The van der Waals surface area contributed by atoms with Gasteiger partial charge in [0.1, 0.15) is 25.4 Å². The maximum atomic E-state index is 13.1. The Labute approximate surface area is 725 Å². The summed E-state index contributed by atoms with van der Waals surface area (Å²) in [5, 5.41) is 20.8. The lowest BCUT2D eigenvalue weighted by Gasteiger charge is -2.21. The van der Waals surface area contributed by atoms with Gasteiger partial charge in [-0.05, 0) is 167 Å². The molecule has 0 aliphatic carbocycles. The molecule has 0 amide bonds. The zero-order valence-corrected chi connectivity index (χ0v) is 76.5. The Balaban J connectivity index is 4.67. The first-order valence-electron chi connectivity index (χ1n) is 46.7. The summed E-state index contributed by atoms with van der Waals surface area (Å²) in [6.07, 6.45) is 122. The third kappa shape index (κ3) is 92.9. The van der Waals surface area contributed by atoms with E-state index in [-0.39, 0.29) is 19.3 Å².